The van der Waals surface area contributed by atoms with Gasteiger partial charge < -0.3 is 5.32 Å². The van der Waals surface area contributed by atoms with Gasteiger partial charge in [-0.1, -0.05) is 6.07 Å². The number of aryl methyl sites for hydroxylation is 1. The first kappa shape index (κ1) is 13.8. The highest BCUT2D eigenvalue weighted by atomic mass is 32.1. The van der Waals surface area contributed by atoms with E-state index >= 15 is 0 Å². The molecule has 2 aromatic rings. The summed E-state index contributed by atoms with van der Waals surface area (Å²) in [7, 11) is 4.07. The summed E-state index contributed by atoms with van der Waals surface area (Å²) in [6, 6.07) is 4.88. The molecule has 0 aliphatic carbocycles. The average molecular weight is 290 g/mol. The Morgan fingerprint density at radius 2 is 2.40 bits per heavy atom. The SMILES string of the molecule is CNC1CCCN(Cc2cn(C)nc2-c2cccs2)C1. The van der Waals surface area contributed by atoms with Gasteiger partial charge >= 0.3 is 0 Å². The number of rotatable bonds is 4. The smallest absolute Gasteiger partial charge is 0.107 e. The molecule has 1 atom stereocenters. The monoisotopic (exact) mass is 290 g/mol. The molecule has 1 N–H and O–H groups in total. The number of nitrogens with one attached hydrogen (secondary N) is 1. The molecule has 0 amide bonds. The van der Waals surface area contributed by atoms with Gasteiger partial charge in [0.25, 0.3) is 0 Å². The summed E-state index contributed by atoms with van der Waals surface area (Å²) in [5.74, 6) is 0. The van der Waals surface area contributed by atoms with Crippen molar-refractivity contribution in [2.75, 3.05) is 20.1 Å². The van der Waals surface area contributed by atoms with Crippen molar-refractivity contribution in [1.29, 1.82) is 0 Å². The van der Waals surface area contributed by atoms with Crippen LogP contribution >= 0.6 is 11.3 Å². The molecule has 1 saturated heterocycles. The Labute approximate surface area is 124 Å². The highest BCUT2D eigenvalue weighted by Crippen LogP contribution is 2.27. The second-order valence-corrected chi connectivity index (χ2v) is 6.46. The zero-order valence-corrected chi connectivity index (χ0v) is 13.0. The molecule has 1 aliphatic heterocycles. The molecule has 0 bridgehead atoms. The van der Waals surface area contributed by atoms with Crippen LogP contribution in [-0.4, -0.2) is 40.9 Å². The Morgan fingerprint density at radius 1 is 1.50 bits per heavy atom. The lowest BCUT2D eigenvalue weighted by Gasteiger charge is -2.32. The van der Waals surface area contributed by atoms with E-state index in [1.54, 1.807) is 11.3 Å². The number of hydrogen-bond acceptors (Lipinski definition) is 4. The Hall–Kier alpha value is -1.17. The van der Waals surface area contributed by atoms with E-state index in [2.05, 4.69) is 46.1 Å². The maximum atomic E-state index is 4.64. The Kier molecular flexibility index (Phi) is 4.19. The Morgan fingerprint density at radius 3 is 3.15 bits per heavy atom. The summed E-state index contributed by atoms with van der Waals surface area (Å²) in [5, 5.41) is 10.2. The van der Waals surface area contributed by atoms with Gasteiger partial charge in [-0.05, 0) is 37.9 Å². The average Bonchev–Trinajstić information content (AvgIpc) is 3.08. The number of likely N-dealkylation sites (tertiary alicyclic amines) is 1. The van der Waals surface area contributed by atoms with Crippen molar-refractivity contribution in [2.45, 2.75) is 25.4 Å². The van der Waals surface area contributed by atoms with E-state index in [4.69, 9.17) is 0 Å². The molecule has 1 unspecified atom stereocenters. The Balaban J connectivity index is 1.77. The van der Waals surface area contributed by atoms with E-state index in [0.717, 1.165) is 18.8 Å². The van der Waals surface area contributed by atoms with Crippen molar-refractivity contribution in [1.82, 2.24) is 20.0 Å². The first-order valence-electron chi connectivity index (χ1n) is 7.22. The molecule has 0 radical (unpaired) electrons. The second kappa shape index (κ2) is 6.08. The van der Waals surface area contributed by atoms with Crippen LogP contribution in [0.3, 0.4) is 0 Å². The van der Waals surface area contributed by atoms with Crippen LogP contribution < -0.4 is 5.32 Å². The predicted molar refractivity (Wildman–Crippen MR) is 83.9 cm³/mol. The van der Waals surface area contributed by atoms with Gasteiger partial charge in [-0.15, -0.1) is 11.3 Å². The van der Waals surface area contributed by atoms with Crippen molar-refractivity contribution < 1.29 is 0 Å². The molecule has 5 heteroatoms. The van der Waals surface area contributed by atoms with E-state index in [-0.39, 0.29) is 0 Å². The minimum absolute atomic E-state index is 0.630. The molecule has 0 aromatic carbocycles. The van der Waals surface area contributed by atoms with Crippen LogP contribution in [0.1, 0.15) is 18.4 Å². The lowest BCUT2D eigenvalue weighted by atomic mass is 10.1. The third-order valence-corrected chi connectivity index (χ3v) is 4.84. The zero-order valence-electron chi connectivity index (χ0n) is 12.2. The first-order valence-corrected chi connectivity index (χ1v) is 8.10. The minimum atomic E-state index is 0.630. The lowest BCUT2D eigenvalue weighted by Crippen LogP contribution is -2.43. The van der Waals surface area contributed by atoms with E-state index in [0.29, 0.717) is 6.04 Å². The summed E-state index contributed by atoms with van der Waals surface area (Å²) in [5.41, 5.74) is 2.49. The molecule has 108 valence electrons. The van der Waals surface area contributed by atoms with Gasteiger partial charge in [-0.2, -0.15) is 5.10 Å². The maximum absolute atomic E-state index is 4.64. The van der Waals surface area contributed by atoms with Crippen molar-refractivity contribution in [2.24, 2.45) is 7.05 Å². The van der Waals surface area contributed by atoms with Crippen LogP contribution in [0.25, 0.3) is 10.6 Å². The topological polar surface area (TPSA) is 33.1 Å². The fourth-order valence-corrected chi connectivity index (χ4v) is 3.69. The van der Waals surface area contributed by atoms with Gasteiger partial charge in [0.05, 0.1) is 4.88 Å². The highest BCUT2D eigenvalue weighted by molar-refractivity contribution is 7.13. The van der Waals surface area contributed by atoms with Crippen molar-refractivity contribution in [3.05, 3.63) is 29.3 Å². The van der Waals surface area contributed by atoms with Gasteiger partial charge in [-0.3, -0.25) is 9.58 Å². The van der Waals surface area contributed by atoms with Gasteiger partial charge in [0.1, 0.15) is 5.69 Å². The van der Waals surface area contributed by atoms with Crippen molar-refractivity contribution in [3.8, 4) is 10.6 Å². The number of piperidine rings is 1. The molecule has 0 spiro atoms. The van der Waals surface area contributed by atoms with Gasteiger partial charge in [0.2, 0.25) is 0 Å². The molecular weight excluding hydrogens is 268 g/mol. The van der Waals surface area contributed by atoms with Crippen molar-refractivity contribution >= 4 is 11.3 Å². The van der Waals surface area contributed by atoms with E-state index in [9.17, 15) is 0 Å². The van der Waals surface area contributed by atoms with Gasteiger partial charge in [0, 0.05) is 37.9 Å². The minimum Gasteiger partial charge on any atom is -0.316 e. The molecule has 1 aliphatic rings. The van der Waals surface area contributed by atoms with E-state index in [1.807, 2.05) is 11.7 Å². The van der Waals surface area contributed by atoms with Crippen LogP contribution in [0, 0.1) is 0 Å². The molecule has 20 heavy (non-hydrogen) atoms. The number of hydrogen-bond donors (Lipinski definition) is 1. The molecule has 3 heterocycles. The fourth-order valence-electron chi connectivity index (χ4n) is 2.95. The fraction of sp³-hybridized carbons (Fsp3) is 0.533. The largest absolute Gasteiger partial charge is 0.316 e. The molecule has 0 saturated carbocycles. The normalized spacial score (nSPS) is 20.4. The third kappa shape index (κ3) is 2.95. The zero-order chi connectivity index (χ0) is 13.9. The molecule has 3 rings (SSSR count). The second-order valence-electron chi connectivity index (χ2n) is 5.52. The molecular formula is C15H22N4S. The lowest BCUT2D eigenvalue weighted by molar-refractivity contribution is 0.188. The number of thiophene rings is 1. The molecule has 4 nitrogen and oxygen atoms in total. The molecule has 1 fully saturated rings. The summed E-state index contributed by atoms with van der Waals surface area (Å²) in [4.78, 5) is 3.81. The number of aromatic nitrogens is 2. The van der Waals surface area contributed by atoms with Crippen LogP contribution in [-0.2, 0) is 13.6 Å². The quantitative estimate of drug-likeness (QED) is 0.938. The number of likely N-dealkylation sites (N-methyl/N-ethyl adjacent to an activating group) is 1. The molecule has 2 aromatic heterocycles. The standard InChI is InChI=1S/C15H22N4S/c1-16-13-5-3-7-19(11-13)10-12-9-18(2)17-15(12)14-6-4-8-20-14/h4,6,8-9,13,16H,3,5,7,10-11H2,1-2H3. The van der Waals surface area contributed by atoms with E-state index in [1.165, 1.54) is 29.8 Å². The van der Waals surface area contributed by atoms with Crippen molar-refractivity contribution in [3.63, 3.8) is 0 Å². The van der Waals surface area contributed by atoms with E-state index < -0.39 is 0 Å². The van der Waals surface area contributed by atoms with Crippen LogP contribution in [0.4, 0.5) is 0 Å². The summed E-state index contributed by atoms with van der Waals surface area (Å²) >= 11 is 1.76. The van der Waals surface area contributed by atoms with Crippen LogP contribution in [0.2, 0.25) is 0 Å². The van der Waals surface area contributed by atoms with Gasteiger partial charge in [-0.25, -0.2) is 0 Å². The Bertz CT molecular complexity index is 546. The predicted octanol–water partition coefficient (Wildman–Crippen LogP) is 2.33. The van der Waals surface area contributed by atoms with Crippen LogP contribution in [0.5, 0.6) is 0 Å². The third-order valence-electron chi connectivity index (χ3n) is 3.97. The number of nitrogens with zero attached hydrogens (tertiary/aromatic N) is 3. The van der Waals surface area contributed by atoms with Gasteiger partial charge in [0.15, 0.2) is 0 Å². The maximum Gasteiger partial charge on any atom is 0.107 e. The van der Waals surface area contributed by atoms with Crippen LogP contribution in [0.15, 0.2) is 23.7 Å². The summed E-state index contributed by atoms with van der Waals surface area (Å²) in [6.07, 6.45) is 4.73. The summed E-state index contributed by atoms with van der Waals surface area (Å²) in [6.45, 7) is 3.32. The summed E-state index contributed by atoms with van der Waals surface area (Å²) < 4.78 is 1.93. The first-order chi connectivity index (χ1) is 9.76. The highest BCUT2D eigenvalue weighted by Gasteiger charge is 2.20.